The Morgan fingerprint density at radius 2 is 1.56 bits per heavy atom. The molecule has 0 amide bonds. The summed E-state index contributed by atoms with van der Waals surface area (Å²) in [5.41, 5.74) is 5.19. The van der Waals surface area contributed by atoms with Gasteiger partial charge in [0.15, 0.2) is 0 Å². The first-order valence-corrected chi connectivity index (χ1v) is 15.2. The molecular formula is C31H36N6O3S. The van der Waals surface area contributed by atoms with Gasteiger partial charge < -0.3 is 9.80 Å². The largest absolute Gasteiger partial charge is 0.368 e. The number of rotatable bonds is 8. The highest BCUT2D eigenvalue weighted by molar-refractivity contribution is 7.89. The van der Waals surface area contributed by atoms with Crippen molar-refractivity contribution in [2.24, 2.45) is 0 Å². The number of pyridine rings is 1. The summed E-state index contributed by atoms with van der Waals surface area (Å²) in [6.07, 6.45) is 4.16. The first kappa shape index (κ1) is 28.5. The number of anilines is 2. The summed E-state index contributed by atoms with van der Waals surface area (Å²) in [5, 5.41) is 4.52. The van der Waals surface area contributed by atoms with Gasteiger partial charge in [-0.1, -0.05) is 42.0 Å². The predicted molar refractivity (Wildman–Crippen MR) is 163 cm³/mol. The number of nitrogens with zero attached hydrogens (tertiary/aromatic N) is 6. The van der Waals surface area contributed by atoms with Crippen LogP contribution >= 0.6 is 0 Å². The van der Waals surface area contributed by atoms with Crippen LogP contribution in [-0.2, 0) is 16.4 Å². The van der Waals surface area contributed by atoms with Gasteiger partial charge in [-0.15, -0.1) is 0 Å². The van der Waals surface area contributed by atoms with E-state index in [1.54, 1.807) is 16.7 Å². The third-order valence-corrected chi connectivity index (χ3v) is 9.73. The van der Waals surface area contributed by atoms with E-state index in [1.807, 2.05) is 93.4 Å². The molecule has 1 fully saturated rings. The Labute approximate surface area is 241 Å². The molecule has 4 aromatic rings. The number of hydrogen-bond acceptors (Lipinski definition) is 7. The maximum absolute atomic E-state index is 13.9. The summed E-state index contributed by atoms with van der Waals surface area (Å²) in [6, 6.07) is 19.0. The van der Waals surface area contributed by atoms with E-state index in [0.29, 0.717) is 61.1 Å². The minimum Gasteiger partial charge on any atom is -0.368 e. The summed E-state index contributed by atoms with van der Waals surface area (Å²) in [4.78, 5) is 22.7. The van der Waals surface area contributed by atoms with Gasteiger partial charge in [0.2, 0.25) is 10.0 Å². The molecule has 0 atom stereocenters. The Kier molecular flexibility index (Phi) is 8.23. The Morgan fingerprint density at radius 3 is 2.20 bits per heavy atom. The van der Waals surface area contributed by atoms with Crippen LogP contribution in [0.5, 0.6) is 0 Å². The third-order valence-electron chi connectivity index (χ3n) is 7.53. The molecule has 0 aliphatic carbocycles. The fourth-order valence-electron chi connectivity index (χ4n) is 5.59. The van der Waals surface area contributed by atoms with Gasteiger partial charge >= 0.3 is 0 Å². The number of para-hydroxylation sites is 1. The maximum Gasteiger partial charge on any atom is 0.297 e. The van der Waals surface area contributed by atoms with Gasteiger partial charge in [-0.25, -0.2) is 8.42 Å². The van der Waals surface area contributed by atoms with Crippen LogP contribution in [0.3, 0.4) is 0 Å². The van der Waals surface area contributed by atoms with E-state index in [9.17, 15) is 13.2 Å². The third kappa shape index (κ3) is 5.89. The summed E-state index contributed by atoms with van der Waals surface area (Å²) in [7, 11) is -1.75. The highest BCUT2D eigenvalue weighted by atomic mass is 32.2. The Balaban J connectivity index is 1.43. The van der Waals surface area contributed by atoms with Gasteiger partial charge in [0.05, 0.1) is 22.5 Å². The molecule has 1 aliphatic rings. The zero-order valence-corrected chi connectivity index (χ0v) is 24.8. The average molecular weight is 573 g/mol. The minimum absolute atomic E-state index is 0.224. The fraction of sp³-hybridized carbons (Fsp3) is 0.323. The topological polar surface area (TPSA) is 91.6 Å². The smallest absolute Gasteiger partial charge is 0.297 e. The Bertz CT molecular complexity index is 1660. The van der Waals surface area contributed by atoms with E-state index in [-0.39, 0.29) is 5.56 Å². The zero-order valence-electron chi connectivity index (χ0n) is 24.0. The number of likely N-dealkylation sites (N-methyl/N-ethyl adjacent to an activating group) is 1. The summed E-state index contributed by atoms with van der Waals surface area (Å²) < 4.78 is 30.3. The summed E-state index contributed by atoms with van der Waals surface area (Å²) in [6.45, 7) is 7.77. The number of hydrogen-bond donors (Lipinski definition) is 0. The molecule has 0 saturated carbocycles. The predicted octanol–water partition coefficient (Wildman–Crippen LogP) is 3.74. The van der Waals surface area contributed by atoms with Crippen LogP contribution in [0.25, 0.3) is 5.69 Å². The van der Waals surface area contributed by atoms with Crippen LogP contribution < -0.4 is 15.4 Å². The highest BCUT2D eigenvalue weighted by Gasteiger charge is 2.32. The van der Waals surface area contributed by atoms with Crippen LogP contribution in [0.1, 0.15) is 22.4 Å². The van der Waals surface area contributed by atoms with Gasteiger partial charge in [0.25, 0.3) is 5.56 Å². The molecule has 2 aromatic heterocycles. The lowest BCUT2D eigenvalue weighted by molar-refractivity contribution is 0.384. The molecule has 2 aromatic carbocycles. The van der Waals surface area contributed by atoms with Crippen molar-refractivity contribution in [1.29, 1.82) is 0 Å². The minimum atomic E-state index is -3.65. The Hall–Kier alpha value is -4.02. The van der Waals surface area contributed by atoms with E-state index >= 15 is 0 Å². The standard InChI is InChI=1S/C31H36N6O3S/c1-23-20-24(2)30(25(3)21-23)41(39,40)36-18-16-35(17-19-36)28-22-33-37(27-11-6-5-7-12-27)31(38)29(28)34(4)15-13-26-10-8-9-14-32-26/h5-12,14,20-22H,13,15-19H2,1-4H3. The van der Waals surface area contributed by atoms with Crippen molar-refractivity contribution in [3.8, 4) is 5.69 Å². The fourth-order valence-corrected chi connectivity index (χ4v) is 7.43. The summed E-state index contributed by atoms with van der Waals surface area (Å²) >= 11 is 0. The van der Waals surface area contributed by atoms with E-state index < -0.39 is 10.0 Å². The average Bonchev–Trinajstić information content (AvgIpc) is 2.96. The van der Waals surface area contributed by atoms with E-state index in [2.05, 4.69) is 15.0 Å². The number of benzene rings is 2. The van der Waals surface area contributed by atoms with Gasteiger partial charge in [-0.2, -0.15) is 14.1 Å². The van der Waals surface area contributed by atoms with Gasteiger partial charge in [0, 0.05) is 58.1 Å². The van der Waals surface area contributed by atoms with E-state index in [0.717, 1.165) is 22.4 Å². The van der Waals surface area contributed by atoms with Crippen molar-refractivity contribution in [3.63, 3.8) is 0 Å². The lowest BCUT2D eigenvalue weighted by Gasteiger charge is -2.37. The quantitative estimate of drug-likeness (QED) is 0.318. The zero-order chi connectivity index (χ0) is 29.1. The molecule has 1 saturated heterocycles. The molecular weight excluding hydrogens is 536 g/mol. The molecule has 0 N–H and O–H groups in total. The SMILES string of the molecule is Cc1cc(C)c(S(=O)(=O)N2CCN(c3cnn(-c4ccccc4)c(=O)c3N(C)CCc3ccccn3)CC2)c(C)c1. The van der Waals surface area contributed by atoms with Crippen molar-refractivity contribution < 1.29 is 8.42 Å². The summed E-state index contributed by atoms with van der Waals surface area (Å²) in [5.74, 6) is 0. The number of sulfonamides is 1. The second-order valence-electron chi connectivity index (χ2n) is 10.5. The van der Waals surface area contributed by atoms with Gasteiger partial charge in [0.1, 0.15) is 5.69 Å². The lowest BCUT2D eigenvalue weighted by atomic mass is 10.1. The molecule has 9 nitrogen and oxygen atoms in total. The van der Waals surface area contributed by atoms with Crippen molar-refractivity contribution in [2.75, 3.05) is 49.6 Å². The lowest BCUT2D eigenvalue weighted by Crippen LogP contribution is -2.49. The molecule has 3 heterocycles. The molecule has 1 aliphatic heterocycles. The number of piperazine rings is 1. The van der Waals surface area contributed by atoms with Crippen molar-refractivity contribution >= 4 is 21.4 Å². The van der Waals surface area contributed by atoms with Gasteiger partial charge in [-0.3, -0.25) is 9.78 Å². The van der Waals surface area contributed by atoms with Crippen molar-refractivity contribution in [2.45, 2.75) is 32.1 Å². The van der Waals surface area contributed by atoms with Crippen LogP contribution in [0, 0.1) is 20.8 Å². The number of aryl methyl sites for hydroxylation is 3. The second-order valence-corrected chi connectivity index (χ2v) is 12.4. The molecule has 10 heteroatoms. The van der Waals surface area contributed by atoms with Crippen molar-refractivity contribution in [1.82, 2.24) is 19.1 Å². The Morgan fingerprint density at radius 1 is 0.902 bits per heavy atom. The van der Waals surface area contributed by atoms with E-state index in [4.69, 9.17) is 0 Å². The highest BCUT2D eigenvalue weighted by Crippen LogP contribution is 2.29. The monoisotopic (exact) mass is 572 g/mol. The molecule has 0 bridgehead atoms. The van der Waals surface area contributed by atoms with Crippen molar-refractivity contribution in [3.05, 3.63) is 106 Å². The van der Waals surface area contributed by atoms with Gasteiger partial charge in [-0.05, 0) is 56.2 Å². The molecule has 41 heavy (non-hydrogen) atoms. The normalized spacial score (nSPS) is 14.3. The van der Waals surface area contributed by atoms with Crippen LogP contribution in [-0.4, -0.2) is 67.3 Å². The molecule has 0 unspecified atom stereocenters. The second kappa shape index (κ2) is 11.8. The molecule has 0 spiro atoms. The van der Waals surface area contributed by atoms with E-state index in [1.165, 1.54) is 4.68 Å². The maximum atomic E-state index is 13.9. The number of aromatic nitrogens is 3. The molecule has 5 rings (SSSR count). The van der Waals surface area contributed by atoms with Crippen LogP contribution in [0.4, 0.5) is 11.4 Å². The molecule has 0 radical (unpaired) electrons. The van der Waals surface area contributed by atoms with Crippen LogP contribution in [0.2, 0.25) is 0 Å². The molecule has 214 valence electrons. The first-order chi connectivity index (χ1) is 19.7. The first-order valence-electron chi connectivity index (χ1n) is 13.8. The van der Waals surface area contributed by atoms with Crippen LogP contribution in [0.15, 0.2) is 82.7 Å².